The van der Waals surface area contributed by atoms with Crippen molar-refractivity contribution in [2.75, 3.05) is 32.7 Å². The minimum absolute atomic E-state index is 0.000528. The molecule has 27 heavy (non-hydrogen) atoms. The van der Waals surface area contributed by atoms with Crippen LogP contribution in [0.3, 0.4) is 0 Å². The van der Waals surface area contributed by atoms with Crippen molar-refractivity contribution >= 4 is 28.9 Å². The Labute approximate surface area is 168 Å². The molecule has 0 saturated heterocycles. The van der Waals surface area contributed by atoms with E-state index in [-0.39, 0.29) is 17.5 Å². The fourth-order valence-electron chi connectivity index (χ4n) is 3.53. The fraction of sp³-hybridized carbons (Fsp3) is 0.474. The Morgan fingerprint density at radius 1 is 1.37 bits per heavy atom. The van der Waals surface area contributed by atoms with Crippen LogP contribution in [0.15, 0.2) is 23.1 Å². The van der Waals surface area contributed by atoms with Gasteiger partial charge in [-0.15, -0.1) is 0 Å². The molecule has 1 aromatic heterocycles. The van der Waals surface area contributed by atoms with Crippen molar-refractivity contribution in [1.82, 2.24) is 9.55 Å². The summed E-state index contributed by atoms with van der Waals surface area (Å²) in [7, 11) is 3.24. The van der Waals surface area contributed by atoms with Crippen molar-refractivity contribution in [3.8, 4) is 5.75 Å². The van der Waals surface area contributed by atoms with Crippen LogP contribution in [0.4, 0.5) is 5.69 Å². The van der Waals surface area contributed by atoms with Crippen LogP contribution in [0.25, 0.3) is 0 Å². The number of nitrogens with one attached hydrogen (secondary N) is 1. The van der Waals surface area contributed by atoms with Crippen LogP contribution in [0.5, 0.6) is 5.75 Å². The molecule has 0 bridgehead atoms. The zero-order valence-corrected chi connectivity index (χ0v) is 17.1. The van der Waals surface area contributed by atoms with Gasteiger partial charge in [-0.1, -0.05) is 30.1 Å². The topological polar surface area (TPSA) is 65.4 Å². The molecule has 0 spiro atoms. The van der Waals surface area contributed by atoms with Crippen molar-refractivity contribution < 1.29 is 9.47 Å². The van der Waals surface area contributed by atoms with Gasteiger partial charge >= 0.3 is 0 Å². The van der Waals surface area contributed by atoms with E-state index in [1.54, 1.807) is 31.0 Å². The van der Waals surface area contributed by atoms with Gasteiger partial charge in [0, 0.05) is 38.6 Å². The van der Waals surface area contributed by atoms with Gasteiger partial charge in [0.05, 0.1) is 23.7 Å². The second kappa shape index (κ2) is 8.50. The van der Waals surface area contributed by atoms with Crippen molar-refractivity contribution in [3.63, 3.8) is 0 Å². The third-order valence-corrected chi connectivity index (χ3v) is 5.44. The monoisotopic (exact) mass is 411 g/mol. The SMILES string of the molecule is CCC(CCOC)n1cc(Cl)nc(C2CNc3c(Cl)cc(OC)cc32)c1=O. The second-order valence-corrected chi connectivity index (χ2v) is 7.31. The second-order valence-electron chi connectivity index (χ2n) is 6.51. The molecule has 0 saturated carbocycles. The molecule has 2 unspecified atom stereocenters. The van der Waals surface area contributed by atoms with Gasteiger partial charge in [0.2, 0.25) is 0 Å². The van der Waals surface area contributed by atoms with E-state index in [1.165, 1.54) is 0 Å². The quantitative estimate of drug-likeness (QED) is 0.742. The molecule has 0 fully saturated rings. The average molecular weight is 412 g/mol. The number of hydrogen-bond acceptors (Lipinski definition) is 5. The number of methoxy groups -OCH3 is 2. The Morgan fingerprint density at radius 3 is 2.81 bits per heavy atom. The number of hydrogen-bond donors (Lipinski definition) is 1. The van der Waals surface area contributed by atoms with E-state index in [4.69, 9.17) is 32.7 Å². The zero-order valence-electron chi connectivity index (χ0n) is 15.6. The van der Waals surface area contributed by atoms with Gasteiger partial charge in [0.15, 0.2) is 0 Å². The lowest BCUT2D eigenvalue weighted by Gasteiger charge is -2.20. The molecular formula is C19H23Cl2N3O3. The van der Waals surface area contributed by atoms with Gasteiger partial charge in [-0.25, -0.2) is 4.98 Å². The number of rotatable bonds is 7. The molecule has 1 aliphatic rings. The van der Waals surface area contributed by atoms with Gasteiger partial charge in [-0.3, -0.25) is 4.79 Å². The highest BCUT2D eigenvalue weighted by Crippen LogP contribution is 2.42. The van der Waals surface area contributed by atoms with E-state index in [0.717, 1.165) is 24.1 Å². The van der Waals surface area contributed by atoms with Crippen LogP contribution in [-0.2, 0) is 4.74 Å². The highest BCUT2D eigenvalue weighted by Gasteiger charge is 2.31. The summed E-state index contributed by atoms with van der Waals surface area (Å²) in [4.78, 5) is 17.6. The van der Waals surface area contributed by atoms with E-state index in [0.29, 0.717) is 34.8 Å². The molecule has 0 amide bonds. The van der Waals surface area contributed by atoms with Gasteiger partial charge in [0.25, 0.3) is 5.56 Å². The number of benzene rings is 1. The summed E-state index contributed by atoms with van der Waals surface area (Å²) in [6.45, 7) is 3.14. The lowest BCUT2D eigenvalue weighted by Crippen LogP contribution is -2.31. The minimum atomic E-state index is -0.245. The molecule has 1 aromatic carbocycles. The Morgan fingerprint density at radius 2 is 2.15 bits per heavy atom. The van der Waals surface area contributed by atoms with Crippen molar-refractivity contribution in [2.45, 2.75) is 31.7 Å². The maximum absolute atomic E-state index is 13.2. The van der Waals surface area contributed by atoms with Crippen molar-refractivity contribution in [3.05, 3.63) is 50.1 Å². The van der Waals surface area contributed by atoms with Crippen LogP contribution in [-0.4, -0.2) is 36.9 Å². The summed E-state index contributed by atoms with van der Waals surface area (Å²) in [6.07, 6.45) is 3.13. The lowest BCUT2D eigenvalue weighted by atomic mass is 9.97. The molecule has 0 radical (unpaired) electrons. The summed E-state index contributed by atoms with van der Waals surface area (Å²) in [5.41, 5.74) is 1.97. The minimum Gasteiger partial charge on any atom is -0.497 e. The number of fused-ring (bicyclic) bond motifs is 1. The van der Waals surface area contributed by atoms with Crippen molar-refractivity contribution in [1.29, 1.82) is 0 Å². The number of aromatic nitrogens is 2. The summed E-state index contributed by atoms with van der Waals surface area (Å²) in [6, 6.07) is 3.64. The summed E-state index contributed by atoms with van der Waals surface area (Å²) >= 11 is 12.6. The predicted octanol–water partition coefficient (Wildman–Crippen LogP) is 4.10. The Bertz CT molecular complexity index is 885. The molecule has 2 aromatic rings. The molecule has 1 N–H and O–H groups in total. The molecular weight excluding hydrogens is 389 g/mol. The number of anilines is 1. The summed E-state index contributed by atoms with van der Waals surface area (Å²) in [5, 5.41) is 4.12. The molecule has 6 nitrogen and oxygen atoms in total. The summed E-state index contributed by atoms with van der Waals surface area (Å²) in [5.74, 6) is 0.395. The van der Waals surface area contributed by atoms with Crippen LogP contribution in [0, 0.1) is 0 Å². The van der Waals surface area contributed by atoms with Crippen LogP contribution < -0.4 is 15.6 Å². The summed E-state index contributed by atoms with van der Waals surface area (Å²) < 4.78 is 12.2. The molecule has 2 heterocycles. The van der Waals surface area contributed by atoms with Crippen LogP contribution >= 0.6 is 23.2 Å². The molecule has 2 atom stereocenters. The standard InChI is InChI=1S/C19H23Cl2N3O3/c1-4-11(5-6-26-2)24-10-16(21)23-18(19(24)25)14-9-22-17-13(14)7-12(27-3)8-15(17)20/h7-8,10-11,14,22H,4-6,9H2,1-3H3. The maximum atomic E-state index is 13.2. The molecule has 146 valence electrons. The van der Waals surface area contributed by atoms with E-state index in [9.17, 15) is 4.79 Å². The molecule has 0 aliphatic carbocycles. The lowest BCUT2D eigenvalue weighted by molar-refractivity contribution is 0.176. The van der Waals surface area contributed by atoms with Crippen molar-refractivity contribution in [2.24, 2.45) is 0 Å². The first-order chi connectivity index (χ1) is 13.0. The zero-order chi connectivity index (χ0) is 19.6. The Balaban J connectivity index is 2.07. The highest BCUT2D eigenvalue weighted by molar-refractivity contribution is 6.33. The van der Waals surface area contributed by atoms with E-state index >= 15 is 0 Å². The van der Waals surface area contributed by atoms with Gasteiger partial charge < -0.3 is 19.4 Å². The van der Waals surface area contributed by atoms with E-state index in [2.05, 4.69) is 10.3 Å². The first kappa shape index (κ1) is 20.0. The van der Waals surface area contributed by atoms with E-state index < -0.39 is 0 Å². The fourth-order valence-corrected chi connectivity index (χ4v) is 4.01. The molecule has 1 aliphatic heterocycles. The number of halogens is 2. The van der Waals surface area contributed by atoms with Gasteiger partial charge in [0.1, 0.15) is 16.6 Å². The number of ether oxygens (including phenoxy) is 2. The smallest absolute Gasteiger partial charge is 0.273 e. The molecule has 3 rings (SSSR count). The van der Waals surface area contributed by atoms with Gasteiger partial charge in [-0.2, -0.15) is 0 Å². The first-order valence-electron chi connectivity index (χ1n) is 8.88. The van der Waals surface area contributed by atoms with Gasteiger partial charge in [-0.05, 0) is 24.5 Å². The van der Waals surface area contributed by atoms with Crippen LogP contribution in [0.1, 0.15) is 43.0 Å². The van der Waals surface area contributed by atoms with E-state index in [1.807, 2.05) is 13.0 Å². The normalized spacial score (nSPS) is 16.7. The largest absolute Gasteiger partial charge is 0.497 e. The number of nitrogens with zero attached hydrogens (tertiary/aromatic N) is 2. The molecule has 8 heteroatoms. The first-order valence-corrected chi connectivity index (χ1v) is 9.64. The predicted molar refractivity (Wildman–Crippen MR) is 108 cm³/mol. The van der Waals surface area contributed by atoms with Crippen LogP contribution in [0.2, 0.25) is 10.2 Å². The highest BCUT2D eigenvalue weighted by atomic mass is 35.5. The third kappa shape index (κ3) is 3.93. The Hall–Kier alpha value is -1.76. The third-order valence-electron chi connectivity index (χ3n) is 4.96. The maximum Gasteiger partial charge on any atom is 0.273 e. The Kier molecular flexibility index (Phi) is 6.29. The average Bonchev–Trinajstić information content (AvgIpc) is 3.08.